The van der Waals surface area contributed by atoms with E-state index >= 15 is 0 Å². The Hall–Kier alpha value is -5.92. The zero-order valence-electron chi connectivity index (χ0n) is 38.9. The molecule has 10 aromatic carbocycles. The zero-order chi connectivity index (χ0) is 44.1. The van der Waals surface area contributed by atoms with Crippen molar-refractivity contribution in [2.45, 2.75) is 51.4 Å². The van der Waals surface area contributed by atoms with E-state index in [2.05, 4.69) is 251 Å². The molecule has 0 nitrogen and oxygen atoms in total. The molecule has 0 aromatic heterocycles. The first-order valence-electron chi connectivity index (χ1n) is 22.7. The van der Waals surface area contributed by atoms with Gasteiger partial charge in [0.15, 0.2) is 0 Å². The van der Waals surface area contributed by atoms with E-state index in [1.54, 1.807) is 0 Å². The molecule has 0 fully saturated rings. The Bertz CT molecular complexity index is 2610. The van der Waals surface area contributed by atoms with Crippen LogP contribution in [0.1, 0.15) is 60.8 Å². The summed E-state index contributed by atoms with van der Waals surface area (Å²) < 4.78 is 0. The minimum absolute atomic E-state index is 0. The van der Waals surface area contributed by atoms with E-state index in [0.29, 0.717) is 11.8 Å². The van der Waals surface area contributed by atoms with E-state index in [0.717, 1.165) is 25.7 Å². The van der Waals surface area contributed by atoms with Gasteiger partial charge in [-0.15, -0.1) is 44.8 Å². The van der Waals surface area contributed by atoms with Crippen LogP contribution in [-0.4, -0.2) is 6.88 Å². The minimum atomic E-state index is 0. The Balaban J connectivity index is 0.000000204. The summed E-state index contributed by atoms with van der Waals surface area (Å²) in [5.41, 5.74) is 16.1. The molecule has 10 aromatic rings. The van der Waals surface area contributed by atoms with Crippen LogP contribution in [0.25, 0.3) is 66.1 Å². The van der Waals surface area contributed by atoms with Gasteiger partial charge in [-0.2, -0.15) is 12.1 Å². The van der Waals surface area contributed by atoms with Gasteiger partial charge in [-0.3, -0.25) is 0 Å². The Kier molecular flexibility index (Phi) is 18.4. The van der Waals surface area contributed by atoms with Crippen LogP contribution >= 0.6 is 0 Å². The normalized spacial score (nSPS) is 11.5. The van der Waals surface area contributed by atoms with Gasteiger partial charge < -0.3 is 14.9 Å². The monoisotopic (exact) mass is 946 g/mol. The number of rotatable bonds is 12. The van der Waals surface area contributed by atoms with Gasteiger partial charge in [-0.1, -0.05) is 253 Å². The molecule has 0 heterocycles. The summed E-state index contributed by atoms with van der Waals surface area (Å²) in [6.07, 6.45) is 4.42. The molecule has 0 aliphatic carbocycles. The van der Waals surface area contributed by atoms with E-state index < -0.39 is 0 Å². The fourth-order valence-corrected chi connectivity index (χ4v) is 9.45. The van der Waals surface area contributed by atoms with E-state index in [1.807, 2.05) is 0 Å². The molecule has 0 bridgehead atoms. The second-order valence-corrected chi connectivity index (χ2v) is 16.6. The third kappa shape index (κ3) is 11.5. The molecule has 2 atom stereocenters. The van der Waals surface area contributed by atoms with Crippen molar-refractivity contribution in [3.05, 3.63) is 268 Å². The summed E-state index contributed by atoms with van der Waals surface area (Å²) in [5.74, 6) is 1.08. The van der Waals surface area contributed by atoms with Gasteiger partial charge >= 0.3 is 30.2 Å². The first-order chi connectivity index (χ1) is 31.7. The molecular weight excluding hydrogens is 888 g/mol. The van der Waals surface area contributed by atoms with Gasteiger partial charge in [0.2, 0.25) is 0 Å². The van der Waals surface area contributed by atoms with Crippen molar-refractivity contribution >= 4 is 28.4 Å². The molecule has 0 N–H and O–H groups in total. The maximum absolute atomic E-state index is 3.06. The van der Waals surface area contributed by atoms with Gasteiger partial charge in [-0.05, 0) is 59.8 Å². The number of benzene rings is 8. The second kappa shape index (κ2) is 24.6. The average molecular weight is 948 g/mol. The topological polar surface area (TPSA) is 0 Å². The Morgan fingerprint density at radius 3 is 0.909 bits per heavy atom. The van der Waals surface area contributed by atoms with Gasteiger partial charge in [0, 0.05) is 0 Å². The molecule has 66 heavy (non-hydrogen) atoms. The average Bonchev–Trinajstić information content (AvgIpc) is 4.01. The Morgan fingerprint density at radius 1 is 0.364 bits per heavy atom. The molecule has 2 radical (unpaired) electrons. The van der Waals surface area contributed by atoms with Crippen LogP contribution in [0.2, 0.25) is 0 Å². The van der Waals surface area contributed by atoms with Crippen molar-refractivity contribution in [2.75, 3.05) is 0 Å². The third-order valence-corrected chi connectivity index (χ3v) is 12.7. The number of fused-ring (bicyclic) bond motifs is 2. The van der Waals surface area contributed by atoms with Crippen LogP contribution in [0.3, 0.4) is 0 Å². The quantitative estimate of drug-likeness (QED) is 0.0846. The van der Waals surface area contributed by atoms with Gasteiger partial charge in [0.05, 0.1) is 0 Å². The molecule has 0 amide bonds. The van der Waals surface area contributed by atoms with Crippen LogP contribution in [0, 0.1) is 14.9 Å². The first-order valence-corrected chi connectivity index (χ1v) is 26.9. The van der Waals surface area contributed by atoms with Crippen molar-refractivity contribution in [2.24, 2.45) is 0 Å². The van der Waals surface area contributed by atoms with Gasteiger partial charge in [-0.25, -0.2) is 0 Å². The molecule has 10 rings (SSSR count). The molecule has 0 saturated carbocycles. The van der Waals surface area contributed by atoms with Crippen LogP contribution in [0.5, 0.6) is 0 Å². The van der Waals surface area contributed by atoms with Gasteiger partial charge in [0.25, 0.3) is 0 Å². The van der Waals surface area contributed by atoms with E-state index in [-0.39, 0.29) is 14.9 Å². The first kappa shape index (κ1) is 49.5. The van der Waals surface area contributed by atoms with Crippen molar-refractivity contribution in [1.29, 1.82) is 0 Å². The Morgan fingerprint density at radius 2 is 0.621 bits per heavy atom. The summed E-state index contributed by atoms with van der Waals surface area (Å²) in [7, 11) is 0. The predicted molar refractivity (Wildman–Crippen MR) is 286 cm³/mol. The van der Waals surface area contributed by atoms with E-state index in [4.69, 9.17) is 0 Å². The van der Waals surface area contributed by atoms with E-state index in [9.17, 15) is 0 Å². The molecule has 0 saturated heterocycles. The Labute approximate surface area is 412 Å². The van der Waals surface area contributed by atoms with Gasteiger partial charge in [0.1, 0.15) is 0 Å². The predicted octanol–water partition coefficient (Wildman–Crippen LogP) is 17.8. The van der Waals surface area contributed by atoms with E-state index in [1.165, 1.54) is 112 Å². The zero-order valence-corrected chi connectivity index (χ0v) is 42.4. The molecule has 0 spiro atoms. The fraction of sp³-hybridized carbons (Fsp3) is 0.125. The molecule has 0 aliphatic heterocycles. The second-order valence-electron chi connectivity index (χ2n) is 16.6. The number of hydrogen-bond donors (Lipinski definition) is 0. The van der Waals surface area contributed by atoms with Crippen LogP contribution < -0.4 is 0 Å². The summed E-state index contributed by atoms with van der Waals surface area (Å²) in [6, 6.07) is 83.8. The molecule has 328 valence electrons. The summed E-state index contributed by atoms with van der Waals surface area (Å²) in [6.45, 7) is 7.66. The van der Waals surface area contributed by atoms with Crippen LogP contribution in [0.4, 0.5) is 0 Å². The van der Waals surface area contributed by atoms with Crippen molar-refractivity contribution in [3.63, 3.8) is 0 Å². The summed E-state index contributed by atoms with van der Waals surface area (Å²) >= 11 is 1.36. The third-order valence-electron chi connectivity index (χ3n) is 12.7. The van der Waals surface area contributed by atoms with Crippen molar-refractivity contribution in [3.8, 4) is 44.5 Å². The maximum atomic E-state index is 3.06. The fourth-order valence-electron chi connectivity index (χ4n) is 9.45. The number of hydrogen-bond acceptors (Lipinski definition) is 0. The molecule has 0 aliphatic rings. The van der Waals surface area contributed by atoms with Crippen molar-refractivity contribution in [1.82, 2.24) is 0 Å². The van der Waals surface area contributed by atoms with Crippen LogP contribution in [-0.2, 0) is 36.2 Å². The SMILES string of the molecule is CCC(Cc1cc2c(-c3ccccc3)ccc(-c3ccccc3)c2[cH-]1)c1ccccc1.CCC(Cc1cc2c(-c3ccccc3)ccc(-c3ccccc3)c2[cH-]1)c1ccccc1.[CH3-].[CH3-].[Si]=[Zr]. The molecule has 2 unspecified atom stereocenters. The summed E-state index contributed by atoms with van der Waals surface area (Å²) in [4.78, 5) is 0. The molecule has 2 heteroatoms. The standard InChI is InChI=1S/2C31H27.2CH3.Si.Zr/c2*1-2-24(25-12-6-3-7-13-25)20-23-21-30-28(26-14-8-4-9-15-26)18-19-29(31(30)22-23)27-16-10-5-11-17-27;;;;/h2*3-19,21-22,24H,2,20H2,1H3;2*1H3;;/q4*-1;;. The van der Waals surface area contributed by atoms with Crippen LogP contribution in [0.15, 0.2) is 231 Å². The molecular formula is C64H60SiZr-4. The summed E-state index contributed by atoms with van der Waals surface area (Å²) in [5, 5.41) is 5.41. The van der Waals surface area contributed by atoms with Crippen molar-refractivity contribution < 1.29 is 23.3 Å².